The molecule has 0 bridgehead atoms. The van der Waals surface area contributed by atoms with Gasteiger partial charge in [-0.2, -0.15) is 4.31 Å². The topological polar surface area (TPSA) is 69.7 Å². The van der Waals surface area contributed by atoms with E-state index in [0.29, 0.717) is 37.4 Å². The average molecular weight is 442 g/mol. The first-order valence-electron chi connectivity index (χ1n) is 11.0. The molecule has 1 N–H and O–H groups in total. The van der Waals surface area contributed by atoms with E-state index in [9.17, 15) is 13.2 Å². The molecule has 1 heterocycles. The molecule has 0 radical (unpaired) electrons. The van der Waals surface area contributed by atoms with Crippen LogP contribution in [-0.4, -0.2) is 56.8 Å². The van der Waals surface area contributed by atoms with Crippen molar-refractivity contribution in [1.29, 1.82) is 0 Å². The lowest BCUT2D eigenvalue weighted by Crippen LogP contribution is -2.47. The zero-order chi connectivity index (χ0) is 22.1. The maximum Gasteiger partial charge on any atom is 0.243 e. The van der Waals surface area contributed by atoms with Crippen molar-refractivity contribution >= 4 is 21.6 Å². The fourth-order valence-corrected chi connectivity index (χ4v) is 6.43. The van der Waals surface area contributed by atoms with Crippen molar-refractivity contribution in [2.24, 2.45) is 0 Å². The number of hydrogen-bond acceptors (Lipinski definition) is 4. The van der Waals surface area contributed by atoms with Crippen LogP contribution in [0.1, 0.15) is 36.8 Å². The molecular formula is C24H31N3O3S. The van der Waals surface area contributed by atoms with Gasteiger partial charge in [0.25, 0.3) is 0 Å². The summed E-state index contributed by atoms with van der Waals surface area (Å²) in [6.45, 7) is 4.19. The molecule has 31 heavy (non-hydrogen) atoms. The Morgan fingerprint density at radius 3 is 2.26 bits per heavy atom. The van der Waals surface area contributed by atoms with Crippen LogP contribution in [0.3, 0.4) is 0 Å². The molecule has 1 saturated carbocycles. The van der Waals surface area contributed by atoms with E-state index in [1.807, 2.05) is 37.4 Å². The number of amides is 1. The maximum absolute atomic E-state index is 13.4. The molecule has 166 valence electrons. The van der Waals surface area contributed by atoms with Crippen LogP contribution in [0.5, 0.6) is 0 Å². The molecule has 2 aromatic rings. The maximum atomic E-state index is 13.4. The minimum Gasteiger partial charge on any atom is -0.325 e. The van der Waals surface area contributed by atoms with E-state index < -0.39 is 15.4 Å². The molecule has 2 aromatic carbocycles. The predicted molar refractivity (Wildman–Crippen MR) is 123 cm³/mol. The Balaban J connectivity index is 1.61. The van der Waals surface area contributed by atoms with Gasteiger partial charge in [0.1, 0.15) is 0 Å². The lowest BCUT2D eigenvalue weighted by Gasteiger charge is -2.32. The van der Waals surface area contributed by atoms with Crippen LogP contribution in [0.2, 0.25) is 0 Å². The molecule has 1 amide bonds. The summed E-state index contributed by atoms with van der Waals surface area (Å²) < 4.78 is 28.1. The summed E-state index contributed by atoms with van der Waals surface area (Å²) >= 11 is 0. The number of rotatable bonds is 5. The van der Waals surface area contributed by atoms with Crippen LogP contribution in [0.4, 0.5) is 5.69 Å². The Bertz CT molecular complexity index is 1040. The molecule has 4 rings (SSSR count). The van der Waals surface area contributed by atoms with Crippen molar-refractivity contribution in [1.82, 2.24) is 9.21 Å². The standard InChI is InChI=1S/C24H31N3O3S/c1-19-10-11-21(18-22(19)31(29,30)27-16-14-26(2)15-17-27)25-23(28)24(12-6-7-13-24)20-8-4-3-5-9-20/h3-5,8-11,18H,6-7,12-17H2,1-2H3,(H,25,28). The molecule has 1 saturated heterocycles. The fourth-order valence-electron chi connectivity index (χ4n) is 4.76. The van der Waals surface area contributed by atoms with Crippen molar-refractivity contribution in [3.63, 3.8) is 0 Å². The quantitative estimate of drug-likeness (QED) is 0.772. The van der Waals surface area contributed by atoms with E-state index in [0.717, 1.165) is 31.2 Å². The SMILES string of the molecule is Cc1ccc(NC(=O)C2(c3ccccc3)CCCC2)cc1S(=O)(=O)N1CCN(C)CC1. The molecule has 2 fully saturated rings. The van der Waals surface area contributed by atoms with E-state index in [2.05, 4.69) is 10.2 Å². The Morgan fingerprint density at radius 1 is 0.968 bits per heavy atom. The fraction of sp³-hybridized carbons (Fsp3) is 0.458. The molecule has 1 aliphatic carbocycles. The van der Waals surface area contributed by atoms with Crippen molar-refractivity contribution in [2.75, 3.05) is 38.5 Å². The number of nitrogens with one attached hydrogen (secondary N) is 1. The summed E-state index contributed by atoms with van der Waals surface area (Å²) in [4.78, 5) is 15.8. The molecule has 6 nitrogen and oxygen atoms in total. The van der Waals surface area contributed by atoms with Crippen LogP contribution in [-0.2, 0) is 20.2 Å². The highest BCUT2D eigenvalue weighted by molar-refractivity contribution is 7.89. The number of anilines is 1. The molecule has 1 aliphatic heterocycles. The largest absolute Gasteiger partial charge is 0.325 e. The summed E-state index contributed by atoms with van der Waals surface area (Å²) in [5.41, 5.74) is 1.70. The normalized spacial score (nSPS) is 19.9. The number of aryl methyl sites for hydroxylation is 1. The van der Waals surface area contributed by atoms with Crippen LogP contribution >= 0.6 is 0 Å². The molecule has 0 atom stereocenters. The third-order valence-corrected chi connectivity index (χ3v) is 8.78. The molecular weight excluding hydrogens is 410 g/mol. The lowest BCUT2D eigenvalue weighted by atomic mass is 9.78. The molecule has 2 aliphatic rings. The molecule has 0 unspecified atom stereocenters. The van der Waals surface area contributed by atoms with Crippen LogP contribution < -0.4 is 5.32 Å². The van der Waals surface area contributed by atoms with Gasteiger partial charge in [-0.15, -0.1) is 0 Å². The summed E-state index contributed by atoms with van der Waals surface area (Å²) in [5.74, 6) is -0.0528. The second-order valence-electron chi connectivity index (χ2n) is 8.80. The highest BCUT2D eigenvalue weighted by atomic mass is 32.2. The summed E-state index contributed by atoms with van der Waals surface area (Å²) in [6.07, 6.45) is 3.64. The van der Waals surface area contributed by atoms with Gasteiger partial charge in [-0.05, 0) is 50.1 Å². The minimum absolute atomic E-state index is 0.0528. The minimum atomic E-state index is -3.61. The lowest BCUT2D eigenvalue weighted by molar-refractivity contribution is -0.121. The number of likely N-dealkylation sites (N-methyl/N-ethyl adjacent to an activating group) is 1. The highest BCUT2D eigenvalue weighted by Gasteiger charge is 2.42. The zero-order valence-corrected chi connectivity index (χ0v) is 19.1. The summed E-state index contributed by atoms with van der Waals surface area (Å²) in [6, 6.07) is 15.1. The van der Waals surface area contributed by atoms with Crippen molar-refractivity contribution in [2.45, 2.75) is 42.9 Å². The van der Waals surface area contributed by atoms with Crippen LogP contribution in [0.15, 0.2) is 53.4 Å². The third kappa shape index (κ3) is 4.27. The van der Waals surface area contributed by atoms with Gasteiger partial charge in [0, 0.05) is 31.9 Å². The van der Waals surface area contributed by atoms with E-state index in [4.69, 9.17) is 0 Å². The van der Waals surface area contributed by atoms with Crippen molar-refractivity contribution in [3.05, 3.63) is 59.7 Å². The Morgan fingerprint density at radius 2 is 1.61 bits per heavy atom. The van der Waals surface area contributed by atoms with Crippen LogP contribution in [0.25, 0.3) is 0 Å². The van der Waals surface area contributed by atoms with E-state index >= 15 is 0 Å². The number of hydrogen-bond donors (Lipinski definition) is 1. The highest BCUT2D eigenvalue weighted by Crippen LogP contribution is 2.42. The first kappa shape index (κ1) is 22.0. The monoisotopic (exact) mass is 441 g/mol. The molecule has 7 heteroatoms. The predicted octanol–water partition coefficient (Wildman–Crippen LogP) is 3.38. The van der Waals surface area contributed by atoms with E-state index in [-0.39, 0.29) is 10.8 Å². The third-order valence-electron chi connectivity index (χ3n) is 6.74. The number of piperazine rings is 1. The van der Waals surface area contributed by atoms with Gasteiger partial charge >= 0.3 is 0 Å². The Hall–Kier alpha value is -2.22. The van der Waals surface area contributed by atoms with Gasteiger partial charge in [-0.1, -0.05) is 49.2 Å². The second kappa shape index (κ2) is 8.73. The second-order valence-corrected chi connectivity index (χ2v) is 10.7. The van der Waals surface area contributed by atoms with Crippen molar-refractivity contribution < 1.29 is 13.2 Å². The van der Waals surface area contributed by atoms with Gasteiger partial charge in [0.2, 0.25) is 15.9 Å². The number of carbonyl (C=O) groups is 1. The van der Waals surface area contributed by atoms with Gasteiger partial charge in [-0.25, -0.2) is 8.42 Å². The summed E-state index contributed by atoms with van der Waals surface area (Å²) in [7, 11) is -1.61. The van der Waals surface area contributed by atoms with Gasteiger partial charge in [0.15, 0.2) is 0 Å². The number of nitrogens with zero attached hydrogens (tertiary/aromatic N) is 2. The van der Waals surface area contributed by atoms with E-state index in [1.54, 1.807) is 29.4 Å². The first-order valence-corrected chi connectivity index (χ1v) is 12.4. The zero-order valence-electron chi connectivity index (χ0n) is 18.3. The average Bonchev–Trinajstić information content (AvgIpc) is 3.27. The van der Waals surface area contributed by atoms with Crippen LogP contribution in [0, 0.1) is 6.92 Å². The Kier molecular flexibility index (Phi) is 6.19. The first-order chi connectivity index (χ1) is 14.8. The summed E-state index contributed by atoms with van der Waals surface area (Å²) in [5, 5.41) is 3.04. The smallest absolute Gasteiger partial charge is 0.243 e. The van der Waals surface area contributed by atoms with Gasteiger partial charge in [-0.3, -0.25) is 4.79 Å². The van der Waals surface area contributed by atoms with Crippen molar-refractivity contribution in [3.8, 4) is 0 Å². The number of benzene rings is 2. The number of sulfonamides is 1. The Labute approximate surface area is 185 Å². The number of carbonyl (C=O) groups excluding carboxylic acids is 1. The van der Waals surface area contributed by atoms with E-state index in [1.165, 1.54) is 0 Å². The van der Waals surface area contributed by atoms with Gasteiger partial charge in [0.05, 0.1) is 10.3 Å². The van der Waals surface area contributed by atoms with Gasteiger partial charge < -0.3 is 10.2 Å². The molecule has 0 aromatic heterocycles. The molecule has 0 spiro atoms.